The van der Waals surface area contributed by atoms with Crippen molar-refractivity contribution in [3.8, 4) is 11.5 Å². The van der Waals surface area contributed by atoms with Gasteiger partial charge in [-0.3, -0.25) is 0 Å². The minimum atomic E-state index is 0.251. The van der Waals surface area contributed by atoms with Crippen LogP contribution < -0.4 is 15.2 Å². The second-order valence-electron chi connectivity index (χ2n) is 5.18. The largest absolute Gasteiger partial charge is 0.494 e. The Bertz CT molecular complexity index is 566. The molecule has 0 radical (unpaired) electrons. The lowest BCUT2D eigenvalue weighted by Crippen LogP contribution is -2.16. The van der Waals surface area contributed by atoms with Crippen molar-refractivity contribution >= 4 is 0 Å². The minimum absolute atomic E-state index is 0.251. The summed E-state index contributed by atoms with van der Waals surface area (Å²) in [6, 6.07) is 16.4. The van der Waals surface area contributed by atoms with Gasteiger partial charge in [-0.25, -0.2) is 0 Å². The molecule has 3 nitrogen and oxygen atoms in total. The van der Waals surface area contributed by atoms with Gasteiger partial charge in [0.05, 0.1) is 13.2 Å². The zero-order chi connectivity index (χ0) is 15.8. The molecule has 0 bridgehead atoms. The van der Waals surface area contributed by atoms with E-state index in [1.165, 1.54) is 11.1 Å². The quantitative estimate of drug-likeness (QED) is 0.807. The van der Waals surface area contributed by atoms with Crippen LogP contribution in [-0.4, -0.2) is 19.8 Å². The molecule has 3 heteroatoms. The third-order valence-corrected chi connectivity index (χ3v) is 3.66. The first-order valence-electron chi connectivity index (χ1n) is 7.92. The highest BCUT2D eigenvalue weighted by Gasteiger charge is 2.15. The first kappa shape index (κ1) is 16.4. The summed E-state index contributed by atoms with van der Waals surface area (Å²) in [5, 5.41) is 0. The lowest BCUT2D eigenvalue weighted by atomic mass is 9.91. The molecule has 0 fully saturated rings. The fraction of sp³-hybridized carbons (Fsp3) is 0.368. The molecule has 1 unspecified atom stereocenters. The molecule has 2 aromatic carbocycles. The van der Waals surface area contributed by atoms with Crippen LogP contribution in [0, 0.1) is 0 Å². The summed E-state index contributed by atoms with van der Waals surface area (Å²) in [6.45, 7) is 5.94. The van der Waals surface area contributed by atoms with Gasteiger partial charge in [0.2, 0.25) is 0 Å². The molecule has 0 aliphatic heterocycles. The topological polar surface area (TPSA) is 44.5 Å². The number of ether oxygens (including phenoxy) is 2. The summed E-state index contributed by atoms with van der Waals surface area (Å²) in [6.07, 6.45) is 0.896. The van der Waals surface area contributed by atoms with E-state index in [9.17, 15) is 0 Å². The molecule has 2 rings (SSSR count). The van der Waals surface area contributed by atoms with E-state index in [2.05, 4.69) is 18.2 Å². The normalized spacial score (nSPS) is 12.0. The van der Waals surface area contributed by atoms with E-state index in [0.717, 1.165) is 17.9 Å². The average molecular weight is 299 g/mol. The molecular formula is C19H25NO2. The molecule has 22 heavy (non-hydrogen) atoms. The highest BCUT2D eigenvalue weighted by molar-refractivity contribution is 5.38. The molecule has 0 saturated heterocycles. The Kier molecular flexibility index (Phi) is 6.28. The number of hydrogen-bond donors (Lipinski definition) is 1. The van der Waals surface area contributed by atoms with Gasteiger partial charge in [0.1, 0.15) is 11.5 Å². The Morgan fingerprint density at radius 1 is 0.909 bits per heavy atom. The van der Waals surface area contributed by atoms with Gasteiger partial charge in [-0.15, -0.1) is 0 Å². The summed E-state index contributed by atoms with van der Waals surface area (Å²) in [4.78, 5) is 0. The summed E-state index contributed by atoms with van der Waals surface area (Å²) >= 11 is 0. The zero-order valence-electron chi connectivity index (χ0n) is 13.4. The van der Waals surface area contributed by atoms with Crippen LogP contribution in [0.2, 0.25) is 0 Å². The predicted octanol–water partition coefficient (Wildman–Crippen LogP) is 3.77. The summed E-state index contributed by atoms with van der Waals surface area (Å²) < 4.78 is 11.2. The summed E-state index contributed by atoms with van der Waals surface area (Å²) in [7, 11) is 0. The Balaban J connectivity index is 2.15. The number of hydrogen-bond acceptors (Lipinski definition) is 3. The van der Waals surface area contributed by atoms with Gasteiger partial charge >= 0.3 is 0 Å². The predicted molar refractivity (Wildman–Crippen MR) is 90.7 cm³/mol. The Labute approximate surface area is 133 Å². The first-order chi connectivity index (χ1) is 10.8. The van der Waals surface area contributed by atoms with Crippen LogP contribution >= 0.6 is 0 Å². The SMILES string of the molecule is CCOc1ccc(CC(CN)c2ccccc2OCC)cc1. The standard InChI is InChI=1S/C19H25NO2/c1-3-21-17-11-9-15(10-12-17)13-16(14-20)18-7-5-6-8-19(18)22-4-2/h5-12,16H,3-4,13-14,20H2,1-2H3. The van der Waals surface area contributed by atoms with Crippen molar-refractivity contribution in [2.24, 2.45) is 5.73 Å². The molecule has 0 aliphatic rings. The van der Waals surface area contributed by atoms with Crippen molar-refractivity contribution in [1.82, 2.24) is 0 Å². The maximum absolute atomic E-state index is 6.02. The Hall–Kier alpha value is -2.00. The molecular weight excluding hydrogens is 274 g/mol. The van der Waals surface area contributed by atoms with Gasteiger partial charge in [-0.2, -0.15) is 0 Å². The van der Waals surface area contributed by atoms with Crippen LogP contribution in [0.1, 0.15) is 30.9 Å². The minimum Gasteiger partial charge on any atom is -0.494 e. The third-order valence-electron chi connectivity index (χ3n) is 3.66. The van der Waals surface area contributed by atoms with Crippen LogP contribution in [0.4, 0.5) is 0 Å². The lowest BCUT2D eigenvalue weighted by molar-refractivity contribution is 0.334. The Morgan fingerprint density at radius 2 is 1.59 bits per heavy atom. The van der Waals surface area contributed by atoms with E-state index in [1.807, 2.05) is 44.2 Å². The maximum Gasteiger partial charge on any atom is 0.122 e. The van der Waals surface area contributed by atoms with E-state index < -0.39 is 0 Å². The summed E-state index contributed by atoms with van der Waals surface area (Å²) in [5.41, 5.74) is 8.45. The van der Waals surface area contributed by atoms with E-state index in [0.29, 0.717) is 19.8 Å². The van der Waals surface area contributed by atoms with Crippen molar-refractivity contribution in [2.75, 3.05) is 19.8 Å². The van der Waals surface area contributed by atoms with Crippen LogP contribution in [-0.2, 0) is 6.42 Å². The molecule has 0 heterocycles. The molecule has 0 aromatic heterocycles. The average Bonchev–Trinajstić information content (AvgIpc) is 2.55. The maximum atomic E-state index is 6.02. The second kappa shape index (κ2) is 8.44. The summed E-state index contributed by atoms with van der Waals surface area (Å²) in [5.74, 6) is 2.09. The van der Waals surface area contributed by atoms with Gasteiger partial charge in [-0.1, -0.05) is 30.3 Å². The second-order valence-corrected chi connectivity index (χ2v) is 5.18. The van der Waals surface area contributed by atoms with Crippen LogP contribution in [0.15, 0.2) is 48.5 Å². The smallest absolute Gasteiger partial charge is 0.122 e. The van der Waals surface area contributed by atoms with Crippen molar-refractivity contribution in [2.45, 2.75) is 26.2 Å². The van der Waals surface area contributed by atoms with Crippen LogP contribution in [0.25, 0.3) is 0 Å². The molecule has 0 aliphatic carbocycles. The zero-order valence-corrected chi connectivity index (χ0v) is 13.4. The number of para-hydroxylation sites is 1. The van der Waals surface area contributed by atoms with E-state index in [-0.39, 0.29) is 5.92 Å². The number of nitrogens with two attached hydrogens (primary N) is 1. The van der Waals surface area contributed by atoms with E-state index in [4.69, 9.17) is 15.2 Å². The first-order valence-corrected chi connectivity index (χ1v) is 7.92. The molecule has 2 N–H and O–H groups in total. The monoisotopic (exact) mass is 299 g/mol. The van der Waals surface area contributed by atoms with Gasteiger partial charge in [-0.05, 0) is 56.1 Å². The molecule has 2 aromatic rings. The van der Waals surface area contributed by atoms with Gasteiger partial charge in [0.15, 0.2) is 0 Å². The van der Waals surface area contributed by atoms with E-state index in [1.54, 1.807) is 0 Å². The van der Waals surface area contributed by atoms with Crippen LogP contribution in [0.3, 0.4) is 0 Å². The molecule has 0 saturated carbocycles. The van der Waals surface area contributed by atoms with Crippen molar-refractivity contribution in [3.63, 3.8) is 0 Å². The highest BCUT2D eigenvalue weighted by Crippen LogP contribution is 2.29. The Morgan fingerprint density at radius 3 is 2.23 bits per heavy atom. The fourth-order valence-electron chi connectivity index (χ4n) is 2.60. The highest BCUT2D eigenvalue weighted by atomic mass is 16.5. The third kappa shape index (κ3) is 4.25. The molecule has 1 atom stereocenters. The molecule has 0 spiro atoms. The van der Waals surface area contributed by atoms with Crippen LogP contribution in [0.5, 0.6) is 11.5 Å². The fourth-order valence-corrected chi connectivity index (χ4v) is 2.60. The van der Waals surface area contributed by atoms with Crippen molar-refractivity contribution in [1.29, 1.82) is 0 Å². The van der Waals surface area contributed by atoms with Gasteiger partial charge in [0, 0.05) is 5.92 Å². The van der Waals surface area contributed by atoms with Gasteiger partial charge in [0.25, 0.3) is 0 Å². The molecule has 118 valence electrons. The van der Waals surface area contributed by atoms with Crippen molar-refractivity contribution in [3.05, 3.63) is 59.7 Å². The number of rotatable bonds is 8. The number of benzene rings is 2. The van der Waals surface area contributed by atoms with Crippen molar-refractivity contribution < 1.29 is 9.47 Å². The van der Waals surface area contributed by atoms with Gasteiger partial charge < -0.3 is 15.2 Å². The van der Waals surface area contributed by atoms with E-state index >= 15 is 0 Å². The lowest BCUT2D eigenvalue weighted by Gasteiger charge is -2.19. The molecule has 0 amide bonds.